The van der Waals surface area contributed by atoms with E-state index in [1.807, 2.05) is 13.8 Å². The van der Waals surface area contributed by atoms with Crippen molar-refractivity contribution in [1.29, 1.82) is 0 Å². The number of amides is 7. The standard InChI is InChI=1S/C26H46N8O9/c1-12(2)9-17(24(40)31-14(5)22(38)32-15(6)26(42)43)33-25(41)21(13(3)4)34-20(37)11-29-19(36)10-30-23(39)16(27)7-8-18(28)35/h12-17,21H,7-11,27H2,1-6H3,(H2,28,35)(H,29,36)(H,30,39)(H,31,40)(H,32,38)(H,33,41)(H,34,37)(H,42,43)/t14-,15-,16-,17-,21-/m0/s1. The average molecular weight is 615 g/mol. The predicted octanol–water partition coefficient (Wildman–Crippen LogP) is -3.42. The lowest BCUT2D eigenvalue weighted by Gasteiger charge is -2.27. The van der Waals surface area contributed by atoms with Crippen LogP contribution in [0.3, 0.4) is 0 Å². The Morgan fingerprint density at radius 2 is 1.23 bits per heavy atom. The van der Waals surface area contributed by atoms with Crippen LogP contribution in [0.15, 0.2) is 0 Å². The third-order valence-electron chi connectivity index (χ3n) is 5.99. The van der Waals surface area contributed by atoms with Crippen LogP contribution in [-0.4, -0.2) is 95.7 Å². The van der Waals surface area contributed by atoms with Crippen LogP contribution in [0.1, 0.15) is 60.8 Å². The molecule has 0 aliphatic carbocycles. The minimum absolute atomic E-state index is 0.00393. The van der Waals surface area contributed by atoms with Crippen LogP contribution in [0.2, 0.25) is 0 Å². The Balaban J connectivity index is 5.10. The number of carboxylic acids is 1. The molecule has 0 aromatic carbocycles. The summed E-state index contributed by atoms with van der Waals surface area (Å²) < 4.78 is 0. The summed E-state index contributed by atoms with van der Waals surface area (Å²) in [5.74, 6) is -6.52. The minimum Gasteiger partial charge on any atom is -0.480 e. The smallest absolute Gasteiger partial charge is 0.325 e. The number of nitrogens with one attached hydrogen (secondary N) is 6. The van der Waals surface area contributed by atoms with Gasteiger partial charge in [-0.05, 0) is 38.5 Å². The minimum atomic E-state index is -1.25. The molecule has 43 heavy (non-hydrogen) atoms. The van der Waals surface area contributed by atoms with Crippen molar-refractivity contribution in [1.82, 2.24) is 31.9 Å². The lowest BCUT2D eigenvalue weighted by Crippen LogP contribution is -2.58. The molecule has 0 heterocycles. The highest BCUT2D eigenvalue weighted by molar-refractivity contribution is 5.95. The second-order valence-electron chi connectivity index (χ2n) is 10.9. The third kappa shape index (κ3) is 16.1. The van der Waals surface area contributed by atoms with Crippen molar-refractivity contribution in [2.24, 2.45) is 23.3 Å². The van der Waals surface area contributed by atoms with Crippen molar-refractivity contribution in [2.45, 2.75) is 91.0 Å². The third-order valence-corrected chi connectivity index (χ3v) is 5.99. The number of aliphatic carboxylic acids is 1. The first-order chi connectivity index (χ1) is 19.8. The van der Waals surface area contributed by atoms with Crippen LogP contribution in [0.4, 0.5) is 0 Å². The first-order valence-electron chi connectivity index (χ1n) is 13.9. The fourth-order valence-corrected chi connectivity index (χ4v) is 3.47. The molecule has 17 heteroatoms. The number of nitrogens with two attached hydrogens (primary N) is 2. The molecule has 0 unspecified atom stereocenters. The van der Waals surface area contributed by atoms with Crippen molar-refractivity contribution >= 4 is 47.3 Å². The molecule has 0 fully saturated rings. The molecule has 0 aliphatic rings. The van der Waals surface area contributed by atoms with Crippen LogP contribution < -0.4 is 43.4 Å². The van der Waals surface area contributed by atoms with E-state index in [0.717, 1.165) is 0 Å². The molecule has 5 atom stereocenters. The van der Waals surface area contributed by atoms with Crippen LogP contribution in [0.25, 0.3) is 0 Å². The number of carbonyl (C=O) groups is 8. The Kier molecular flexibility index (Phi) is 17.1. The van der Waals surface area contributed by atoms with E-state index in [2.05, 4.69) is 31.9 Å². The number of hydrogen-bond acceptors (Lipinski definition) is 9. The van der Waals surface area contributed by atoms with E-state index in [4.69, 9.17) is 16.6 Å². The summed E-state index contributed by atoms with van der Waals surface area (Å²) in [7, 11) is 0. The van der Waals surface area contributed by atoms with E-state index in [1.54, 1.807) is 13.8 Å². The van der Waals surface area contributed by atoms with Gasteiger partial charge in [-0.15, -0.1) is 0 Å². The molecule has 0 saturated carbocycles. The zero-order valence-corrected chi connectivity index (χ0v) is 25.4. The van der Waals surface area contributed by atoms with Crippen molar-refractivity contribution < 1.29 is 43.5 Å². The lowest BCUT2D eigenvalue weighted by atomic mass is 9.99. The highest BCUT2D eigenvalue weighted by Gasteiger charge is 2.31. The second kappa shape index (κ2) is 19.0. The van der Waals surface area contributed by atoms with Gasteiger partial charge < -0.3 is 48.5 Å². The largest absolute Gasteiger partial charge is 0.480 e. The zero-order chi connectivity index (χ0) is 33.4. The number of primary amides is 1. The topological polar surface area (TPSA) is 281 Å². The van der Waals surface area contributed by atoms with Gasteiger partial charge in [0.2, 0.25) is 41.4 Å². The molecule has 244 valence electrons. The van der Waals surface area contributed by atoms with E-state index in [-0.39, 0.29) is 25.2 Å². The molecule has 0 bridgehead atoms. The Morgan fingerprint density at radius 3 is 1.74 bits per heavy atom. The van der Waals surface area contributed by atoms with Gasteiger partial charge >= 0.3 is 5.97 Å². The molecule has 0 aliphatic heterocycles. The molecule has 11 N–H and O–H groups in total. The first kappa shape index (κ1) is 38.7. The number of hydrogen-bond donors (Lipinski definition) is 9. The Bertz CT molecular complexity index is 1030. The molecule has 17 nitrogen and oxygen atoms in total. The molecule has 0 radical (unpaired) electrons. The fraction of sp³-hybridized carbons (Fsp3) is 0.692. The maximum Gasteiger partial charge on any atom is 0.325 e. The van der Waals surface area contributed by atoms with Gasteiger partial charge in [-0.1, -0.05) is 27.7 Å². The number of carboxylic acid groups (broad SMARTS) is 1. The molecule has 7 amide bonds. The highest BCUT2D eigenvalue weighted by Crippen LogP contribution is 2.08. The summed E-state index contributed by atoms with van der Waals surface area (Å²) in [6.45, 7) is 8.59. The van der Waals surface area contributed by atoms with Crippen molar-refractivity contribution in [3.63, 3.8) is 0 Å². The van der Waals surface area contributed by atoms with E-state index >= 15 is 0 Å². The van der Waals surface area contributed by atoms with Crippen LogP contribution in [0.5, 0.6) is 0 Å². The van der Waals surface area contributed by atoms with E-state index < -0.39 is 96.5 Å². The highest BCUT2D eigenvalue weighted by atomic mass is 16.4. The van der Waals surface area contributed by atoms with Crippen LogP contribution in [-0.2, 0) is 38.4 Å². The summed E-state index contributed by atoms with van der Waals surface area (Å²) >= 11 is 0. The Morgan fingerprint density at radius 1 is 0.674 bits per heavy atom. The van der Waals surface area contributed by atoms with E-state index in [1.165, 1.54) is 13.8 Å². The summed E-state index contributed by atoms with van der Waals surface area (Å²) in [5.41, 5.74) is 10.6. The van der Waals surface area contributed by atoms with E-state index in [9.17, 15) is 38.4 Å². The van der Waals surface area contributed by atoms with Crippen LogP contribution in [0, 0.1) is 11.8 Å². The molecular weight excluding hydrogens is 568 g/mol. The van der Waals surface area contributed by atoms with Crippen molar-refractivity contribution in [3.8, 4) is 0 Å². The van der Waals surface area contributed by atoms with E-state index in [0.29, 0.717) is 0 Å². The lowest BCUT2D eigenvalue weighted by molar-refractivity contribution is -0.141. The number of rotatable bonds is 19. The summed E-state index contributed by atoms with van der Waals surface area (Å²) in [4.78, 5) is 96.5. The SMILES string of the molecule is CC(C)C[C@H](NC(=O)[C@@H](NC(=O)CNC(=O)CNC(=O)[C@@H](N)CCC(N)=O)C(C)C)C(=O)N[C@@H](C)C(=O)N[C@@H](C)C(=O)O. The van der Waals surface area contributed by atoms with Gasteiger partial charge in [0.15, 0.2) is 0 Å². The van der Waals surface area contributed by atoms with Gasteiger partial charge in [0, 0.05) is 6.42 Å². The summed E-state index contributed by atoms with van der Waals surface area (Å²) in [6.07, 6.45) is 0.104. The molecular formula is C26H46N8O9. The van der Waals surface area contributed by atoms with Gasteiger partial charge in [0.1, 0.15) is 24.2 Å². The van der Waals surface area contributed by atoms with Gasteiger partial charge in [-0.25, -0.2) is 0 Å². The van der Waals surface area contributed by atoms with Gasteiger partial charge in [0.05, 0.1) is 19.1 Å². The molecule has 0 aromatic rings. The summed E-state index contributed by atoms with van der Waals surface area (Å²) in [6, 6.07) is -5.48. The fourth-order valence-electron chi connectivity index (χ4n) is 3.47. The van der Waals surface area contributed by atoms with Crippen molar-refractivity contribution in [2.75, 3.05) is 13.1 Å². The maximum absolute atomic E-state index is 13.1. The molecule has 0 spiro atoms. The Labute approximate surface area is 250 Å². The van der Waals surface area contributed by atoms with Gasteiger partial charge in [-0.2, -0.15) is 0 Å². The average Bonchev–Trinajstić information content (AvgIpc) is 2.90. The first-order valence-corrected chi connectivity index (χ1v) is 13.9. The summed E-state index contributed by atoms with van der Waals surface area (Å²) in [5, 5.41) is 23.3. The molecule has 0 rings (SSSR count). The Hall–Kier alpha value is -4.28. The normalized spacial score (nSPS) is 14.3. The van der Waals surface area contributed by atoms with Gasteiger partial charge in [0.25, 0.3) is 0 Å². The van der Waals surface area contributed by atoms with Crippen LogP contribution >= 0.6 is 0 Å². The van der Waals surface area contributed by atoms with Gasteiger partial charge in [-0.3, -0.25) is 38.4 Å². The predicted molar refractivity (Wildman–Crippen MR) is 153 cm³/mol. The molecule has 0 saturated heterocycles. The van der Waals surface area contributed by atoms with Crippen molar-refractivity contribution in [3.05, 3.63) is 0 Å². The monoisotopic (exact) mass is 614 g/mol. The quantitative estimate of drug-likeness (QED) is 0.0694. The number of carbonyl (C=O) groups excluding carboxylic acids is 7. The zero-order valence-electron chi connectivity index (χ0n) is 25.4. The second-order valence-corrected chi connectivity index (χ2v) is 10.9. The maximum atomic E-state index is 13.1. The molecule has 0 aromatic heterocycles.